The number of β-amino-alcohol motifs (C(OH)–C–C–N with tert-alkyl or cyclic N) is 3. The minimum atomic E-state index is -0.270. The van der Waals surface area contributed by atoms with Crippen LogP contribution in [0.25, 0.3) is 0 Å². The third-order valence-electron chi connectivity index (χ3n) is 10.8. The summed E-state index contributed by atoms with van der Waals surface area (Å²) in [5.74, 6) is 0. The van der Waals surface area contributed by atoms with Crippen LogP contribution in [0.3, 0.4) is 0 Å². The van der Waals surface area contributed by atoms with Crippen molar-refractivity contribution in [1.82, 2.24) is 14.7 Å². The van der Waals surface area contributed by atoms with Crippen LogP contribution < -0.4 is 0 Å². The third-order valence-corrected chi connectivity index (χ3v) is 10.8. The smallest absolute Gasteiger partial charge is 0.0667 e. The van der Waals surface area contributed by atoms with E-state index in [1.54, 1.807) is 0 Å². The van der Waals surface area contributed by atoms with Gasteiger partial charge in [-0.15, -0.1) is 0 Å². The third kappa shape index (κ3) is 28.5. The van der Waals surface area contributed by atoms with Crippen molar-refractivity contribution in [3.05, 3.63) is 0 Å². The van der Waals surface area contributed by atoms with E-state index in [1.165, 1.54) is 135 Å². The van der Waals surface area contributed by atoms with Gasteiger partial charge in [0, 0.05) is 58.9 Å². The maximum Gasteiger partial charge on any atom is 0.0667 e. The van der Waals surface area contributed by atoms with E-state index in [-0.39, 0.29) is 18.3 Å². The van der Waals surface area contributed by atoms with Gasteiger partial charge in [-0.3, -0.25) is 14.7 Å². The summed E-state index contributed by atoms with van der Waals surface area (Å²) in [5, 5.41) is 32.9. The number of nitrogens with zero attached hydrogens (tertiary/aromatic N) is 3. The molecule has 1 fully saturated rings. The fourth-order valence-corrected chi connectivity index (χ4v) is 7.44. The highest BCUT2D eigenvalue weighted by Crippen LogP contribution is 2.15. The van der Waals surface area contributed by atoms with Crippen molar-refractivity contribution in [3.63, 3.8) is 0 Å². The van der Waals surface area contributed by atoms with E-state index >= 15 is 0 Å². The average Bonchev–Trinajstić information content (AvgIpc) is 3.16. The summed E-state index contributed by atoms with van der Waals surface area (Å²) < 4.78 is 0. The summed E-state index contributed by atoms with van der Waals surface area (Å²) in [7, 11) is 0. The topological polar surface area (TPSA) is 70.4 Å². The molecule has 6 heteroatoms. The van der Waals surface area contributed by atoms with Gasteiger partial charge in [-0.1, -0.05) is 175 Å². The van der Waals surface area contributed by atoms with Crippen molar-refractivity contribution in [2.75, 3.05) is 58.9 Å². The molecule has 0 aromatic heterocycles. The van der Waals surface area contributed by atoms with Crippen molar-refractivity contribution in [2.24, 2.45) is 0 Å². The first-order valence-electron chi connectivity index (χ1n) is 21.7. The van der Waals surface area contributed by atoms with Gasteiger partial charge in [0.05, 0.1) is 18.3 Å². The largest absolute Gasteiger partial charge is 0.392 e. The molecule has 0 amide bonds. The molecule has 48 heavy (non-hydrogen) atoms. The van der Waals surface area contributed by atoms with Gasteiger partial charge in [0.15, 0.2) is 0 Å². The van der Waals surface area contributed by atoms with Crippen LogP contribution in [0.5, 0.6) is 0 Å². The Morgan fingerprint density at radius 3 is 0.708 bits per heavy atom. The van der Waals surface area contributed by atoms with E-state index in [0.717, 1.165) is 97.4 Å². The molecule has 1 saturated heterocycles. The lowest BCUT2D eigenvalue weighted by molar-refractivity contribution is 0.0822. The van der Waals surface area contributed by atoms with Crippen LogP contribution >= 0.6 is 0 Å². The first-order chi connectivity index (χ1) is 23.5. The normalized spacial score (nSPS) is 17.6. The van der Waals surface area contributed by atoms with Crippen LogP contribution in [0.1, 0.15) is 194 Å². The molecule has 0 aromatic carbocycles. The van der Waals surface area contributed by atoms with Crippen molar-refractivity contribution in [2.45, 2.75) is 212 Å². The zero-order valence-corrected chi connectivity index (χ0v) is 32.9. The maximum atomic E-state index is 11.0. The van der Waals surface area contributed by atoms with Gasteiger partial charge in [-0.05, 0) is 19.3 Å². The Hall–Kier alpha value is -0.240. The van der Waals surface area contributed by atoms with E-state index in [4.69, 9.17) is 0 Å². The van der Waals surface area contributed by atoms with Crippen molar-refractivity contribution in [3.8, 4) is 0 Å². The number of hydrogen-bond donors (Lipinski definition) is 3. The average molecular weight is 682 g/mol. The molecule has 0 spiro atoms. The zero-order chi connectivity index (χ0) is 34.9. The number of rotatable bonds is 33. The number of aliphatic hydroxyl groups excluding tert-OH is 3. The molecule has 288 valence electrons. The van der Waals surface area contributed by atoms with Crippen molar-refractivity contribution >= 4 is 0 Å². The predicted octanol–water partition coefficient (Wildman–Crippen LogP) is 9.58. The fraction of sp³-hybridized carbons (Fsp3) is 1.00. The number of unbranched alkanes of at least 4 members (excludes halogenated alkanes) is 21. The van der Waals surface area contributed by atoms with Crippen LogP contribution in [-0.4, -0.2) is 107 Å². The SMILES string of the molecule is CCCCCCCCCC[C@@H](O)CN1CCN(C[C@H](O)CCCCCCCCCC)CCN(C[C@H](O)CCCCCCCCCC)CC1. The molecule has 1 heterocycles. The first kappa shape index (κ1) is 45.8. The summed E-state index contributed by atoms with van der Waals surface area (Å²) in [6.45, 7) is 14.7. The number of hydrogen-bond acceptors (Lipinski definition) is 6. The van der Waals surface area contributed by atoms with Gasteiger partial charge in [0.1, 0.15) is 0 Å². The van der Waals surface area contributed by atoms with E-state index in [1.807, 2.05) is 0 Å². The molecule has 0 aliphatic carbocycles. The quantitative estimate of drug-likeness (QED) is 0.0600. The van der Waals surface area contributed by atoms with E-state index in [2.05, 4.69) is 35.5 Å². The number of aliphatic hydroxyl groups is 3. The summed E-state index contributed by atoms with van der Waals surface area (Å²) >= 11 is 0. The molecule has 1 aliphatic rings. The second-order valence-corrected chi connectivity index (χ2v) is 15.7. The molecule has 3 atom stereocenters. The van der Waals surface area contributed by atoms with Crippen molar-refractivity contribution in [1.29, 1.82) is 0 Å². The second-order valence-electron chi connectivity index (χ2n) is 15.7. The van der Waals surface area contributed by atoms with Gasteiger partial charge >= 0.3 is 0 Å². The zero-order valence-electron chi connectivity index (χ0n) is 32.9. The highest BCUT2D eigenvalue weighted by atomic mass is 16.3. The van der Waals surface area contributed by atoms with Crippen LogP contribution in [0.2, 0.25) is 0 Å². The predicted molar refractivity (Wildman–Crippen MR) is 209 cm³/mol. The lowest BCUT2D eigenvalue weighted by Crippen LogP contribution is -2.41. The standard InChI is InChI=1S/C42H87N3O3/c1-4-7-10-13-16-19-22-25-28-40(46)37-43-31-33-44(38-41(47)29-26-23-20-17-14-11-8-5-2)35-36-45(34-32-43)39-42(48)30-27-24-21-18-15-12-9-6-3/h40-42,46-48H,4-39H2,1-3H3/t40-,41-,42-/m1/s1. The molecule has 1 rings (SSSR count). The lowest BCUT2D eigenvalue weighted by Gasteiger charge is -2.28. The molecule has 3 N–H and O–H groups in total. The molecule has 0 bridgehead atoms. The van der Waals surface area contributed by atoms with Crippen LogP contribution in [-0.2, 0) is 0 Å². The maximum absolute atomic E-state index is 11.0. The van der Waals surface area contributed by atoms with Crippen molar-refractivity contribution < 1.29 is 15.3 Å². The summed E-state index contributed by atoms with van der Waals surface area (Å²) in [6, 6.07) is 0. The Labute approximate surface area is 300 Å². The summed E-state index contributed by atoms with van der Waals surface area (Å²) in [5.41, 5.74) is 0. The molecule has 1 aliphatic heterocycles. The first-order valence-corrected chi connectivity index (χ1v) is 21.7. The van der Waals surface area contributed by atoms with Crippen LogP contribution in [0.15, 0.2) is 0 Å². The fourth-order valence-electron chi connectivity index (χ4n) is 7.44. The van der Waals surface area contributed by atoms with Gasteiger partial charge in [0.25, 0.3) is 0 Å². The van der Waals surface area contributed by atoms with Gasteiger partial charge in [-0.25, -0.2) is 0 Å². The summed E-state index contributed by atoms with van der Waals surface area (Å²) in [6.07, 6.45) is 33.0. The Bertz CT molecular complexity index is 556. The molecule has 0 saturated carbocycles. The van der Waals surface area contributed by atoms with Crippen LogP contribution in [0.4, 0.5) is 0 Å². The molecule has 0 unspecified atom stereocenters. The Morgan fingerprint density at radius 2 is 0.500 bits per heavy atom. The molecular weight excluding hydrogens is 594 g/mol. The Morgan fingerprint density at radius 1 is 0.312 bits per heavy atom. The van der Waals surface area contributed by atoms with E-state index in [0.29, 0.717) is 0 Å². The highest BCUT2D eigenvalue weighted by Gasteiger charge is 2.21. The van der Waals surface area contributed by atoms with E-state index in [9.17, 15) is 15.3 Å². The van der Waals surface area contributed by atoms with E-state index < -0.39 is 0 Å². The molecular formula is C42H87N3O3. The lowest BCUT2D eigenvalue weighted by atomic mass is 10.1. The minimum Gasteiger partial charge on any atom is -0.392 e. The molecule has 0 radical (unpaired) electrons. The molecule has 6 nitrogen and oxygen atoms in total. The van der Waals surface area contributed by atoms with Crippen LogP contribution in [0, 0.1) is 0 Å². The van der Waals surface area contributed by atoms with Gasteiger partial charge < -0.3 is 15.3 Å². The highest BCUT2D eigenvalue weighted by molar-refractivity contribution is 4.77. The molecule has 0 aromatic rings. The minimum absolute atomic E-state index is 0.270. The monoisotopic (exact) mass is 682 g/mol. The second kappa shape index (κ2) is 33.9. The van der Waals surface area contributed by atoms with Gasteiger partial charge in [-0.2, -0.15) is 0 Å². The Kier molecular flexibility index (Phi) is 32.3. The Balaban J connectivity index is 2.54. The summed E-state index contributed by atoms with van der Waals surface area (Å²) in [4.78, 5) is 7.36. The van der Waals surface area contributed by atoms with Gasteiger partial charge in [0.2, 0.25) is 0 Å².